The molecule has 0 spiro atoms. The molecule has 0 aliphatic heterocycles. The summed E-state index contributed by atoms with van der Waals surface area (Å²) in [5.41, 5.74) is 1.59. The van der Waals surface area contributed by atoms with Crippen molar-refractivity contribution in [2.45, 2.75) is 33.6 Å². The highest BCUT2D eigenvalue weighted by atomic mass is 32.1. The van der Waals surface area contributed by atoms with E-state index < -0.39 is 11.5 Å². The third-order valence-electron chi connectivity index (χ3n) is 5.58. The normalized spacial score (nSPS) is 11.0. The van der Waals surface area contributed by atoms with Crippen LogP contribution >= 0.6 is 11.3 Å². The minimum Gasteiger partial charge on any atom is -0.494 e. The highest BCUT2D eigenvalue weighted by Crippen LogP contribution is 2.31. The van der Waals surface area contributed by atoms with Crippen LogP contribution in [0.2, 0.25) is 0 Å². The summed E-state index contributed by atoms with van der Waals surface area (Å²) < 4.78 is 11.8. The molecule has 0 radical (unpaired) electrons. The number of nitrogens with zero attached hydrogens (tertiary/aromatic N) is 2. The van der Waals surface area contributed by atoms with Gasteiger partial charge in [0.25, 0.3) is 11.5 Å². The second-order valence-corrected chi connectivity index (χ2v) is 9.18. The van der Waals surface area contributed by atoms with Crippen molar-refractivity contribution in [3.8, 4) is 11.4 Å². The number of nitrogens with one attached hydrogen (secondary N) is 1. The fourth-order valence-electron chi connectivity index (χ4n) is 3.71. The molecule has 0 fully saturated rings. The summed E-state index contributed by atoms with van der Waals surface area (Å²) >= 11 is 1.15. The first kappa shape index (κ1) is 25.1. The lowest BCUT2D eigenvalue weighted by Crippen LogP contribution is -2.25. The number of fused-ring (bicyclic) bond motifs is 1. The number of benzene rings is 2. The Morgan fingerprint density at radius 1 is 1.03 bits per heavy atom. The quantitative estimate of drug-likeness (QED) is 0.322. The SMILES string of the molecule is CCOC(=O)c1nn(-c2ccc(C(C)C)cc2)c(=O)c2c(NC(=O)c3ccc(OCC)cc3)scc12. The standard InChI is InChI=1S/C27H27N3O5S/c1-5-34-20-13-9-18(10-14-20)24(31)28-25-22-21(15-36-25)23(27(33)35-6-2)29-30(26(22)32)19-11-7-17(8-12-19)16(3)4/h7-16H,5-6H2,1-4H3,(H,28,31). The lowest BCUT2D eigenvalue weighted by atomic mass is 10.0. The van der Waals surface area contributed by atoms with Gasteiger partial charge >= 0.3 is 5.97 Å². The van der Waals surface area contributed by atoms with E-state index in [1.165, 1.54) is 4.68 Å². The number of aromatic nitrogens is 2. The zero-order chi connectivity index (χ0) is 25.8. The predicted octanol–water partition coefficient (Wildman–Crippen LogP) is 5.40. The molecule has 8 nitrogen and oxygen atoms in total. The first-order chi connectivity index (χ1) is 17.3. The fraction of sp³-hybridized carbons (Fsp3) is 0.259. The Bertz CT molecular complexity index is 1450. The predicted molar refractivity (Wildman–Crippen MR) is 141 cm³/mol. The van der Waals surface area contributed by atoms with Gasteiger partial charge in [0.05, 0.1) is 24.3 Å². The molecule has 0 bridgehead atoms. The molecule has 0 saturated heterocycles. The number of thiophene rings is 1. The van der Waals surface area contributed by atoms with Gasteiger partial charge in [-0.25, -0.2) is 4.79 Å². The van der Waals surface area contributed by atoms with Crippen molar-refractivity contribution in [3.63, 3.8) is 0 Å². The van der Waals surface area contributed by atoms with E-state index in [0.717, 1.165) is 16.9 Å². The van der Waals surface area contributed by atoms with Gasteiger partial charge in [0.15, 0.2) is 5.69 Å². The van der Waals surface area contributed by atoms with E-state index in [-0.39, 0.29) is 23.6 Å². The molecule has 0 saturated carbocycles. The van der Waals surface area contributed by atoms with Crippen LogP contribution in [0.15, 0.2) is 58.7 Å². The van der Waals surface area contributed by atoms with Crippen molar-refractivity contribution < 1.29 is 19.1 Å². The zero-order valence-electron chi connectivity index (χ0n) is 20.5. The van der Waals surface area contributed by atoms with Gasteiger partial charge in [-0.15, -0.1) is 11.3 Å². The van der Waals surface area contributed by atoms with Gasteiger partial charge in [-0.3, -0.25) is 9.59 Å². The molecular weight excluding hydrogens is 478 g/mol. The Kier molecular flexibility index (Phi) is 7.49. The number of ether oxygens (including phenoxy) is 2. The van der Waals surface area contributed by atoms with Gasteiger partial charge in [0.1, 0.15) is 10.8 Å². The second-order valence-electron chi connectivity index (χ2n) is 8.30. The smallest absolute Gasteiger partial charge is 0.359 e. The first-order valence-electron chi connectivity index (χ1n) is 11.7. The fourth-order valence-corrected chi connectivity index (χ4v) is 4.64. The van der Waals surface area contributed by atoms with Gasteiger partial charge in [-0.1, -0.05) is 26.0 Å². The monoisotopic (exact) mass is 505 g/mol. The van der Waals surface area contributed by atoms with Crippen molar-refractivity contribution in [2.24, 2.45) is 0 Å². The minimum atomic E-state index is -0.641. The van der Waals surface area contributed by atoms with Crippen molar-refractivity contribution in [1.82, 2.24) is 9.78 Å². The molecule has 36 heavy (non-hydrogen) atoms. The van der Waals surface area contributed by atoms with E-state index in [2.05, 4.69) is 24.3 Å². The van der Waals surface area contributed by atoms with Gasteiger partial charge in [-0.05, 0) is 61.7 Å². The van der Waals surface area contributed by atoms with E-state index in [4.69, 9.17) is 9.47 Å². The molecule has 9 heteroatoms. The van der Waals surface area contributed by atoms with Crippen LogP contribution in [0, 0.1) is 0 Å². The van der Waals surface area contributed by atoms with Crippen molar-refractivity contribution in [1.29, 1.82) is 0 Å². The lowest BCUT2D eigenvalue weighted by Gasteiger charge is -2.11. The maximum Gasteiger partial charge on any atom is 0.359 e. The molecule has 0 aliphatic carbocycles. The number of hydrogen-bond donors (Lipinski definition) is 1. The average molecular weight is 506 g/mol. The van der Waals surface area contributed by atoms with Crippen molar-refractivity contribution in [2.75, 3.05) is 18.5 Å². The van der Waals surface area contributed by atoms with Crippen LogP contribution in [-0.4, -0.2) is 34.9 Å². The molecule has 0 atom stereocenters. The van der Waals surface area contributed by atoms with Crippen LogP contribution in [0.4, 0.5) is 5.00 Å². The summed E-state index contributed by atoms with van der Waals surface area (Å²) in [5.74, 6) is -0.0458. The zero-order valence-corrected chi connectivity index (χ0v) is 21.3. The summed E-state index contributed by atoms with van der Waals surface area (Å²) in [7, 11) is 0. The summed E-state index contributed by atoms with van der Waals surface area (Å²) in [5, 5.41) is 9.67. The largest absolute Gasteiger partial charge is 0.494 e. The number of carbonyl (C=O) groups is 2. The number of amides is 1. The van der Waals surface area contributed by atoms with Gasteiger partial charge in [-0.2, -0.15) is 9.78 Å². The molecule has 0 unspecified atom stereocenters. The molecule has 2 heterocycles. The maximum atomic E-state index is 13.6. The number of rotatable bonds is 8. The van der Waals surface area contributed by atoms with Crippen LogP contribution in [0.1, 0.15) is 60.0 Å². The Morgan fingerprint density at radius 2 is 1.72 bits per heavy atom. The van der Waals surface area contributed by atoms with Crippen LogP contribution in [0.5, 0.6) is 5.75 Å². The molecule has 0 aliphatic rings. The average Bonchev–Trinajstić information content (AvgIpc) is 3.29. The van der Waals surface area contributed by atoms with Crippen molar-refractivity contribution in [3.05, 3.63) is 81.1 Å². The first-order valence-corrected chi connectivity index (χ1v) is 12.6. The number of anilines is 1. The molecule has 4 rings (SSSR count). The molecule has 1 N–H and O–H groups in total. The minimum absolute atomic E-state index is 0.0113. The molecular formula is C27H27N3O5S. The van der Waals surface area contributed by atoms with Crippen LogP contribution in [0.3, 0.4) is 0 Å². The number of carbonyl (C=O) groups excluding carboxylic acids is 2. The molecule has 2 aromatic carbocycles. The summed E-state index contributed by atoms with van der Waals surface area (Å²) in [6.45, 7) is 8.43. The van der Waals surface area contributed by atoms with E-state index in [1.54, 1.807) is 48.7 Å². The van der Waals surface area contributed by atoms with E-state index >= 15 is 0 Å². The van der Waals surface area contributed by atoms with Crippen LogP contribution < -0.4 is 15.6 Å². The summed E-state index contributed by atoms with van der Waals surface area (Å²) in [6.07, 6.45) is 0. The Labute approximate surface area is 212 Å². The van der Waals surface area contributed by atoms with E-state index in [9.17, 15) is 14.4 Å². The highest BCUT2D eigenvalue weighted by molar-refractivity contribution is 7.16. The summed E-state index contributed by atoms with van der Waals surface area (Å²) in [6, 6.07) is 14.1. The number of esters is 1. The Balaban J connectivity index is 1.79. The molecule has 2 aromatic heterocycles. The second kappa shape index (κ2) is 10.7. The van der Waals surface area contributed by atoms with Crippen LogP contribution in [-0.2, 0) is 4.74 Å². The van der Waals surface area contributed by atoms with Gasteiger partial charge < -0.3 is 14.8 Å². The highest BCUT2D eigenvalue weighted by Gasteiger charge is 2.23. The molecule has 1 amide bonds. The Morgan fingerprint density at radius 3 is 2.33 bits per heavy atom. The third kappa shape index (κ3) is 5.01. The van der Waals surface area contributed by atoms with Crippen LogP contribution in [0.25, 0.3) is 16.5 Å². The number of hydrogen-bond acceptors (Lipinski definition) is 7. The Hall–Kier alpha value is -3.98. The van der Waals surface area contributed by atoms with Gasteiger partial charge in [0.2, 0.25) is 0 Å². The van der Waals surface area contributed by atoms with E-state index in [0.29, 0.717) is 39.9 Å². The van der Waals surface area contributed by atoms with Crippen molar-refractivity contribution >= 4 is 39.0 Å². The van der Waals surface area contributed by atoms with Gasteiger partial charge in [0, 0.05) is 16.3 Å². The van der Waals surface area contributed by atoms with E-state index in [1.807, 2.05) is 19.1 Å². The third-order valence-corrected chi connectivity index (χ3v) is 6.48. The maximum absolute atomic E-state index is 13.6. The summed E-state index contributed by atoms with van der Waals surface area (Å²) in [4.78, 5) is 39.3. The lowest BCUT2D eigenvalue weighted by molar-refractivity contribution is 0.0520. The molecule has 4 aromatic rings. The molecule has 186 valence electrons. The topological polar surface area (TPSA) is 99.5 Å².